The lowest BCUT2D eigenvalue weighted by Crippen LogP contribution is -2.18. The van der Waals surface area contributed by atoms with Gasteiger partial charge in [0.2, 0.25) is 5.95 Å². The van der Waals surface area contributed by atoms with E-state index in [1.165, 1.54) is 25.7 Å². The van der Waals surface area contributed by atoms with Crippen molar-refractivity contribution in [3.63, 3.8) is 0 Å². The number of aromatic amines is 1. The molecule has 0 saturated heterocycles. The van der Waals surface area contributed by atoms with Crippen LogP contribution in [0.2, 0.25) is 0 Å². The lowest BCUT2D eigenvalue weighted by atomic mass is 10.2. The highest BCUT2D eigenvalue weighted by molar-refractivity contribution is 5.29. The Morgan fingerprint density at radius 1 is 1.41 bits per heavy atom. The standard InChI is InChI=1S/C12H17N5/c1-2-4-11(3-1)16-12-13-5-6-17(12)9-10-7-14-15-8-10/h5-8,11H,1-4,9H2,(H,13,16)(H,14,15). The van der Waals surface area contributed by atoms with E-state index in [9.17, 15) is 0 Å². The molecular formula is C12H17N5. The molecule has 1 aliphatic rings. The van der Waals surface area contributed by atoms with Gasteiger partial charge in [0.25, 0.3) is 0 Å². The summed E-state index contributed by atoms with van der Waals surface area (Å²) in [5.74, 6) is 0.970. The summed E-state index contributed by atoms with van der Waals surface area (Å²) in [5.41, 5.74) is 1.16. The van der Waals surface area contributed by atoms with E-state index >= 15 is 0 Å². The Labute approximate surface area is 100 Å². The van der Waals surface area contributed by atoms with Crippen LogP contribution in [0.15, 0.2) is 24.8 Å². The molecule has 0 radical (unpaired) electrons. The van der Waals surface area contributed by atoms with Crippen molar-refractivity contribution < 1.29 is 0 Å². The second kappa shape index (κ2) is 4.61. The normalized spacial score (nSPS) is 16.5. The van der Waals surface area contributed by atoms with Crippen LogP contribution in [-0.2, 0) is 6.54 Å². The van der Waals surface area contributed by atoms with Crippen LogP contribution in [0.25, 0.3) is 0 Å². The number of H-pyrrole nitrogens is 1. The fourth-order valence-corrected chi connectivity index (χ4v) is 2.39. The van der Waals surface area contributed by atoms with Crippen molar-refractivity contribution in [2.24, 2.45) is 0 Å². The predicted molar refractivity (Wildman–Crippen MR) is 65.8 cm³/mol. The molecule has 1 fully saturated rings. The van der Waals surface area contributed by atoms with Crippen LogP contribution in [0.4, 0.5) is 5.95 Å². The zero-order valence-electron chi connectivity index (χ0n) is 9.76. The molecule has 2 aromatic rings. The number of aromatic nitrogens is 4. The van der Waals surface area contributed by atoms with Gasteiger partial charge in [-0.3, -0.25) is 5.10 Å². The minimum atomic E-state index is 0.598. The molecule has 2 N–H and O–H groups in total. The molecule has 90 valence electrons. The molecule has 0 amide bonds. The quantitative estimate of drug-likeness (QED) is 0.846. The molecule has 1 aliphatic carbocycles. The van der Waals surface area contributed by atoms with E-state index in [-0.39, 0.29) is 0 Å². The van der Waals surface area contributed by atoms with Crippen molar-refractivity contribution in [1.29, 1.82) is 0 Å². The molecule has 0 unspecified atom stereocenters. The number of anilines is 1. The Morgan fingerprint density at radius 2 is 2.29 bits per heavy atom. The Morgan fingerprint density at radius 3 is 3.06 bits per heavy atom. The fourth-order valence-electron chi connectivity index (χ4n) is 2.39. The number of imidazole rings is 1. The average molecular weight is 231 g/mol. The molecule has 2 aromatic heterocycles. The third kappa shape index (κ3) is 2.33. The van der Waals surface area contributed by atoms with Gasteiger partial charge in [0.1, 0.15) is 0 Å². The number of nitrogens with zero attached hydrogens (tertiary/aromatic N) is 3. The van der Waals surface area contributed by atoms with E-state index in [2.05, 4.69) is 25.1 Å². The summed E-state index contributed by atoms with van der Waals surface area (Å²) in [6.07, 6.45) is 12.8. The van der Waals surface area contributed by atoms with Crippen molar-refractivity contribution in [3.8, 4) is 0 Å². The first-order valence-electron chi connectivity index (χ1n) is 6.17. The highest BCUT2D eigenvalue weighted by atomic mass is 15.2. The Kier molecular flexibility index (Phi) is 2.81. The molecule has 0 aromatic carbocycles. The molecule has 0 atom stereocenters. The van der Waals surface area contributed by atoms with E-state index in [1.807, 2.05) is 24.8 Å². The van der Waals surface area contributed by atoms with Gasteiger partial charge in [-0.2, -0.15) is 5.10 Å². The van der Waals surface area contributed by atoms with Gasteiger partial charge in [0.15, 0.2) is 0 Å². The summed E-state index contributed by atoms with van der Waals surface area (Å²) >= 11 is 0. The first-order valence-corrected chi connectivity index (χ1v) is 6.17. The second-order valence-corrected chi connectivity index (χ2v) is 4.61. The molecule has 0 aliphatic heterocycles. The summed E-state index contributed by atoms with van der Waals surface area (Å²) < 4.78 is 2.13. The van der Waals surface area contributed by atoms with Crippen molar-refractivity contribution in [3.05, 3.63) is 30.4 Å². The van der Waals surface area contributed by atoms with Gasteiger partial charge in [-0.15, -0.1) is 0 Å². The van der Waals surface area contributed by atoms with Crippen molar-refractivity contribution in [1.82, 2.24) is 19.7 Å². The van der Waals surface area contributed by atoms with Gasteiger partial charge < -0.3 is 9.88 Å². The smallest absolute Gasteiger partial charge is 0.203 e. The molecule has 2 heterocycles. The monoisotopic (exact) mass is 231 g/mol. The zero-order chi connectivity index (χ0) is 11.5. The first-order chi connectivity index (χ1) is 8.42. The predicted octanol–water partition coefficient (Wildman–Crippen LogP) is 2.01. The third-order valence-corrected chi connectivity index (χ3v) is 3.31. The van der Waals surface area contributed by atoms with Crippen LogP contribution in [0, 0.1) is 0 Å². The van der Waals surface area contributed by atoms with Crippen molar-refractivity contribution >= 4 is 5.95 Å². The lowest BCUT2D eigenvalue weighted by Gasteiger charge is -2.14. The second-order valence-electron chi connectivity index (χ2n) is 4.61. The van der Waals surface area contributed by atoms with E-state index in [0.717, 1.165) is 18.1 Å². The van der Waals surface area contributed by atoms with Gasteiger partial charge >= 0.3 is 0 Å². The zero-order valence-corrected chi connectivity index (χ0v) is 9.76. The van der Waals surface area contributed by atoms with E-state index in [0.29, 0.717) is 6.04 Å². The Bertz CT molecular complexity index is 453. The molecule has 0 bridgehead atoms. The van der Waals surface area contributed by atoms with E-state index < -0.39 is 0 Å². The summed E-state index contributed by atoms with van der Waals surface area (Å²) in [4.78, 5) is 4.38. The van der Waals surface area contributed by atoms with Crippen LogP contribution in [0.5, 0.6) is 0 Å². The number of hydrogen-bond donors (Lipinski definition) is 2. The lowest BCUT2D eigenvalue weighted by molar-refractivity contribution is 0.716. The minimum Gasteiger partial charge on any atom is -0.353 e. The van der Waals surface area contributed by atoms with Gasteiger partial charge in [-0.25, -0.2) is 4.98 Å². The maximum Gasteiger partial charge on any atom is 0.203 e. The van der Waals surface area contributed by atoms with Crippen molar-refractivity contribution in [2.75, 3.05) is 5.32 Å². The highest BCUT2D eigenvalue weighted by Crippen LogP contribution is 2.21. The van der Waals surface area contributed by atoms with Crippen LogP contribution in [-0.4, -0.2) is 25.8 Å². The van der Waals surface area contributed by atoms with Crippen molar-refractivity contribution in [2.45, 2.75) is 38.3 Å². The fraction of sp³-hybridized carbons (Fsp3) is 0.500. The maximum absolute atomic E-state index is 4.38. The largest absolute Gasteiger partial charge is 0.353 e. The summed E-state index contributed by atoms with van der Waals surface area (Å²) in [6.45, 7) is 0.811. The topological polar surface area (TPSA) is 58.5 Å². The van der Waals surface area contributed by atoms with Gasteiger partial charge in [0, 0.05) is 30.2 Å². The minimum absolute atomic E-state index is 0.598. The first kappa shape index (κ1) is 10.4. The number of rotatable bonds is 4. The highest BCUT2D eigenvalue weighted by Gasteiger charge is 2.16. The van der Waals surface area contributed by atoms with E-state index in [1.54, 1.807) is 0 Å². The van der Waals surface area contributed by atoms with Crippen LogP contribution >= 0.6 is 0 Å². The Hall–Kier alpha value is -1.78. The van der Waals surface area contributed by atoms with Crippen LogP contribution in [0.3, 0.4) is 0 Å². The summed E-state index contributed by atoms with van der Waals surface area (Å²) in [6, 6.07) is 0.598. The average Bonchev–Trinajstić information content (AvgIpc) is 3.04. The summed E-state index contributed by atoms with van der Waals surface area (Å²) in [5, 5.41) is 10.3. The van der Waals surface area contributed by atoms with Gasteiger partial charge in [-0.1, -0.05) is 12.8 Å². The van der Waals surface area contributed by atoms with Crippen LogP contribution < -0.4 is 5.32 Å². The molecule has 5 nitrogen and oxygen atoms in total. The SMILES string of the molecule is c1cn(Cc2cn[nH]c2)c(NC2CCCC2)n1. The summed E-state index contributed by atoms with van der Waals surface area (Å²) in [7, 11) is 0. The van der Waals surface area contributed by atoms with Gasteiger partial charge in [-0.05, 0) is 12.8 Å². The molecule has 0 spiro atoms. The van der Waals surface area contributed by atoms with Gasteiger partial charge in [0.05, 0.1) is 12.7 Å². The molecule has 17 heavy (non-hydrogen) atoms. The Balaban J connectivity index is 1.70. The molecule has 3 rings (SSSR count). The number of hydrogen-bond acceptors (Lipinski definition) is 3. The molecule has 5 heteroatoms. The maximum atomic E-state index is 4.38. The van der Waals surface area contributed by atoms with Crippen LogP contribution in [0.1, 0.15) is 31.2 Å². The number of nitrogens with one attached hydrogen (secondary N) is 2. The molecular weight excluding hydrogens is 214 g/mol. The van der Waals surface area contributed by atoms with E-state index in [4.69, 9.17) is 0 Å². The third-order valence-electron chi connectivity index (χ3n) is 3.31. The molecule has 1 saturated carbocycles.